The Morgan fingerprint density at radius 1 is 1.50 bits per heavy atom. The maximum atomic E-state index is 13.4. The summed E-state index contributed by atoms with van der Waals surface area (Å²) in [6, 6.07) is 4.00. The summed E-state index contributed by atoms with van der Waals surface area (Å²) < 4.78 is 35.6. The van der Waals surface area contributed by atoms with Crippen LogP contribution < -0.4 is 5.48 Å². The van der Waals surface area contributed by atoms with Crippen LogP contribution in [0.3, 0.4) is 0 Å². The van der Waals surface area contributed by atoms with E-state index < -0.39 is 15.7 Å². The van der Waals surface area contributed by atoms with E-state index in [2.05, 4.69) is 0 Å². The number of benzene rings is 1. The van der Waals surface area contributed by atoms with Gasteiger partial charge >= 0.3 is 0 Å². The fraction of sp³-hybridized carbons (Fsp3) is 0.250. The van der Waals surface area contributed by atoms with Crippen molar-refractivity contribution < 1.29 is 18.0 Å². The van der Waals surface area contributed by atoms with Gasteiger partial charge in [0.05, 0.1) is 0 Å². The van der Waals surface area contributed by atoms with Gasteiger partial charge in [0.2, 0.25) is 0 Å². The number of nitrogens with one attached hydrogen (secondary N) is 1. The van der Waals surface area contributed by atoms with Crippen molar-refractivity contribution in [1.29, 1.82) is 0 Å². The molecule has 0 saturated heterocycles. The molecule has 0 spiro atoms. The van der Waals surface area contributed by atoms with Gasteiger partial charge in [0.15, 0.2) is 9.84 Å². The third-order valence-corrected chi connectivity index (χ3v) is 2.83. The SMILES string of the molecule is CS(=O)(=O)c1cccc(CNO)c1F. The summed E-state index contributed by atoms with van der Waals surface area (Å²) in [5, 5.41) is 8.37. The zero-order valence-electron chi connectivity index (χ0n) is 7.49. The van der Waals surface area contributed by atoms with Gasteiger partial charge in [-0.25, -0.2) is 18.3 Å². The lowest BCUT2D eigenvalue weighted by Crippen LogP contribution is -2.10. The van der Waals surface area contributed by atoms with E-state index in [1.165, 1.54) is 18.2 Å². The minimum atomic E-state index is -3.56. The van der Waals surface area contributed by atoms with Crippen molar-refractivity contribution in [1.82, 2.24) is 5.48 Å². The normalized spacial score (nSPS) is 11.6. The first kappa shape index (κ1) is 11.1. The summed E-state index contributed by atoms with van der Waals surface area (Å²) in [5.41, 5.74) is 1.88. The average Bonchev–Trinajstić information content (AvgIpc) is 2.07. The largest absolute Gasteiger partial charge is 0.316 e. The first-order valence-electron chi connectivity index (χ1n) is 3.81. The maximum Gasteiger partial charge on any atom is 0.178 e. The smallest absolute Gasteiger partial charge is 0.178 e. The van der Waals surface area contributed by atoms with E-state index in [1.807, 2.05) is 0 Å². The van der Waals surface area contributed by atoms with Gasteiger partial charge in [-0.15, -0.1) is 0 Å². The predicted octanol–water partition coefficient (Wildman–Crippen LogP) is 0.708. The summed E-state index contributed by atoms with van der Waals surface area (Å²) >= 11 is 0. The predicted molar refractivity (Wildman–Crippen MR) is 48.1 cm³/mol. The molecule has 2 N–H and O–H groups in total. The Morgan fingerprint density at radius 3 is 2.64 bits per heavy atom. The van der Waals surface area contributed by atoms with Crippen LogP contribution in [0.4, 0.5) is 4.39 Å². The number of hydrogen-bond donors (Lipinski definition) is 2. The van der Waals surface area contributed by atoms with Crippen molar-refractivity contribution in [2.24, 2.45) is 0 Å². The maximum absolute atomic E-state index is 13.4. The topological polar surface area (TPSA) is 66.4 Å². The Morgan fingerprint density at radius 2 is 2.14 bits per heavy atom. The van der Waals surface area contributed by atoms with Gasteiger partial charge in [-0.05, 0) is 6.07 Å². The van der Waals surface area contributed by atoms with Gasteiger partial charge < -0.3 is 5.21 Å². The van der Waals surface area contributed by atoms with Crippen LogP contribution in [0.2, 0.25) is 0 Å². The van der Waals surface area contributed by atoms with Crippen molar-refractivity contribution >= 4 is 9.84 Å². The van der Waals surface area contributed by atoms with E-state index in [0.29, 0.717) is 0 Å². The minimum absolute atomic E-state index is 0.107. The molecule has 1 aromatic rings. The number of hydrogen-bond acceptors (Lipinski definition) is 4. The van der Waals surface area contributed by atoms with E-state index in [0.717, 1.165) is 6.26 Å². The van der Waals surface area contributed by atoms with Gasteiger partial charge in [-0.3, -0.25) is 0 Å². The molecule has 0 aliphatic heterocycles. The Bertz CT molecular complexity index is 430. The quantitative estimate of drug-likeness (QED) is 0.735. The van der Waals surface area contributed by atoms with Crippen molar-refractivity contribution in [3.05, 3.63) is 29.6 Å². The molecule has 0 amide bonds. The fourth-order valence-electron chi connectivity index (χ4n) is 1.06. The molecule has 14 heavy (non-hydrogen) atoms. The first-order chi connectivity index (χ1) is 6.46. The van der Waals surface area contributed by atoms with Crippen LogP contribution >= 0.6 is 0 Å². The molecule has 0 aliphatic carbocycles. The molecule has 1 aromatic carbocycles. The van der Waals surface area contributed by atoms with Crippen LogP contribution in [0.5, 0.6) is 0 Å². The summed E-state index contributed by atoms with van der Waals surface area (Å²) in [5.74, 6) is -0.823. The molecule has 78 valence electrons. The summed E-state index contributed by atoms with van der Waals surface area (Å²) in [4.78, 5) is -0.356. The molecule has 0 bridgehead atoms. The van der Waals surface area contributed by atoms with Crippen molar-refractivity contribution in [3.63, 3.8) is 0 Å². The number of halogens is 1. The van der Waals surface area contributed by atoms with E-state index >= 15 is 0 Å². The van der Waals surface area contributed by atoms with Crippen molar-refractivity contribution in [2.45, 2.75) is 11.4 Å². The molecule has 0 heterocycles. The molecule has 4 nitrogen and oxygen atoms in total. The molecule has 0 aliphatic rings. The number of hydroxylamine groups is 1. The second kappa shape index (κ2) is 4.04. The van der Waals surface area contributed by atoms with E-state index in [4.69, 9.17) is 5.21 Å². The van der Waals surface area contributed by atoms with E-state index in [1.54, 1.807) is 5.48 Å². The highest BCUT2D eigenvalue weighted by Crippen LogP contribution is 2.17. The monoisotopic (exact) mass is 219 g/mol. The molecule has 1 rings (SSSR count). The van der Waals surface area contributed by atoms with Crippen LogP contribution in [0, 0.1) is 5.82 Å². The van der Waals surface area contributed by atoms with Crippen molar-refractivity contribution in [2.75, 3.05) is 6.26 Å². The molecule has 0 saturated carbocycles. The lowest BCUT2D eigenvalue weighted by molar-refractivity contribution is 0.160. The highest BCUT2D eigenvalue weighted by Gasteiger charge is 2.15. The van der Waals surface area contributed by atoms with Crippen LogP contribution in [-0.2, 0) is 16.4 Å². The first-order valence-corrected chi connectivity index (χ1v) is 5.70. The molecule has 0 radical (unpaired) electrons. The van der Waals surface area contributed by atoms with Crippen LogP contribution in [0.1, 0.15) is 5.56 Å². The number of rotatable bonds is 3. The molecular formula is C8H10FNO3S. The summed E-state index contributed by atoms with van der Waals surface area (Å²) in [6.07, 6.45) is 0.932. The van der Waals surface area contributed by atoms with Gasteiger partial charge in [-0.1, -0.05) is 12.1 Å². The van der Waals surface area contributed by atoms with Gasteiger partial charge in [-0.2, -0.15) is 0 Å². The highest BCUT2D eigenvalue weighted by molar-refractivity contribution is 7.90. The molecule has 0 aromatic heterocycles. The van der Waals surface area contributed by atoms with Gasteiger partial charge in [0.1, 0.15) is 10.7 Å². The van der Waals surface area contributed by atoms with Crippen LogP contribution in [-0.4, -0.2) is 19.9 Å². The second-order valence-electron chi connectivity index (χ2n) is 2.84. The van der Waals surface area contributed by atoms with Crippen LogP contribution in [0.25, 0.3) is 0 Å². The van der Waals surface area contributed by atoms with E-state index in [9.17, 15) is 12.8 Å². The Balaban J connectivity index is 3.28. The summed E-state index contributed by atoms with van der Waals surface area (Å²) in [6.45, 7) is -0.130. The molecule has 0 fully saturated rings. The molecule has 6 heteroatoms. The Hall–Kier alpha value is -0.980. The standard InChI is InChI=1S/C8H10FNO3S/c1-14(12,13)7-4-2-3-6(5-10-11)8(7)9/h2-4,10-11H,5H2,1H3. The average molecular weight is 219 g/mol. The lowest BCUT2D eigenvalue weighted by Gasteiger charge is -2.05. The Kier molecular flexibility index (Phi) is 3.20. The minimum Gasteiger partial charge on any atom is -0.316 e. The van der Waals surface area contributed by atoms with E-state index in [-0.39, 0.29) is 17.0 Å². The zero-order valence-corrected chi connectivity index (χ0v) is 8.31. The van der Waals surface area contributed by atoms with Crippen LogP contribution in [0.15, 0.2) is 23.1 Å². The summed E-state index contributed by atoms with van der Waals surface area (Å²) in [7, 11) is -3.56. The zero-order chi connectivity index (χ0) is 10.8. The number of sulfone groups is 1. The van der Waals surface area contributed by atoms with Gasteiger partial charge in [0, 0.05) is 18.4 Å². The fourth-order valence-corrected chi connectivity index (χ4v) is 1.85. The van der Waals surface area contributed by atoms with Crippen molar-refractivity contribution in [3.8, 4) is 0 Å². The third kappa shape index (κ3) is 2.28. The Labute approximate surface area is 81.3 Å². The lowest BCUT2D eigenvalue weighted by atomic mass is 10.2. The van der Waals surface area contributed by atoms with Gasteiger partial charge in [0.25, 0.3) is 0 Å². The molecular weight excluding hydrogens is 209 g/mol. The second-order valence-corrected chi connectivity index (χ2v) is 4.82. The third-order valence-electron chi connectivity index (χ3n) is 1.71. The molecule has 0 atom stereocenters. The molecule has 0 unspecified atom stereocenters. The highest BCUT2D eigenvalue weighted by atomic mass is 32.2.